The fourth-order valence-electron chi connectivity index (χ4n) is 3.07. The lowest BCUT2D eigenvalue weighted by Gasteiger charge is -2.47. The average molecular weight is 328 g/mol. The first kappa shape index (κ1) is 14.4. The molecule has 1 spiro atoms. The van der Waals surface area contributed by atoms with Crippen LogP contribution >= 0.6 is 11.8 Å². The van der Waals surface area contributed by atoms with E-state index >= 15 is 0 Å². The van der Waals surface area contributed by atoms with Crippen LogP contribution in [0.2, 0.25) is 0 Å². The molecule has 0 N–H and O–H groups in total. The van der Waals surface area contributed by atoms with Gasteiger partial charge in [-0.15, -0.1) is 11.8 Å². The fraction of sp³-hybridized carbons (Fsp3) is 0.375. The Bertz CT molecular complexity index is 692. The summed E-state index contributed by atoms with van der Waals surface area (Å²) in [5, 5.41) is 0. The molecule has 0 unspecified atom stereocenters. The molecule has 6 nitrogen and oxygen atoms in total. The van der Waals surface area contributed by atoms with Crippen LogP contribution in [0.1, 0.15) is 16.9 Å². The van der Waals surface area contributed by atoms with Gasteiger partial charge in [0.2, 0.25) is 0 Å². The first-order valence-electron chi connectivity index (χ1n) is 7.50. The number of likely N-dealkylation sites (tertiary alicyclic amines) is 1. The maximum atomic E-state index is 12.3. The Morgan fingerprint density at radius 3 is 2.87 bits per heavy atom. The number of hydrogen-bond donors (Lipinski definition) is 0. The van der Waals surface area contributed by atoms with Crippen molar-refractivity contribution in [1.82, 2.24) is 19.9 Å². The molecule has 1 atom stereocenters. The smallest absolute Gasteiger partial charge is 0.274 e. The quantitative estimate of drug-likeness (QED) is 0.853. The molecular weight excluding hydrogens is 312 g/mol. The minimum atomic E-state index is -0.0408. The number of rotatable bonds is 3. The standard InChI is InChI=1S/C16H16N4O2S/c21-15(14-8-18-4-5-19-14)20-10-16(11-20)6-13(9-23-16)22-12-2-1-3-17-7-12/h1-5,7-8,13H,6,9-11H2/t13-/m0/s1. The van der Waals surface area contributed by atoms with Crippen LogP contribution in [-0.4, -0.2) is 55.5 Å². The number of thioether (sulfide) groups is 1. The van der Waals surface area contributed by atoms with Gasteiger partial charge >= 0.3 is 0 Å². The van der Waals surface area contributed by atoms with E-state index in [1.54, 1.807) is 24.8 Å². The van der Waals surface area contributed by atoms with Gasteiger partial charge in [-0.2, -0.15) is 0 Å². The van der Waals surface area contributed by atoms with Gasteiger partial charge in [0.15, 0.2) is 0 Å². The van der Waals surface area contributed by atoms with Crippen molar-refractivity contribution < 1.29 is 9.53 Å². The van der Waals surface area contributed by atoms with Gasteiger partial charge in [0.25, 0.3) is 5.91 Å². The minimum absolute atomic E-state index is 0.0408. The molecule has 2 aliphatic heterocycles. The molecule has 1 amide bonds. The molecule has 2 aromatic heterocycles. The van der Waals surface area contributed by atoms with Crippen molar-refractivity contribution in [3.05, 3.63) is 48.8 Å². The highest BCUT2D eigenvalue weighted by atomic mass is 32.2. The third kappa shape index (κ3) is 2.88. The summed E-state index contributed by atoms with van der Waals surface area (Å²) in [6.07, 6.45) is 9.24. The van der Waals surface area contributed by atoms with Crippen molar-refractivity contribution >= 4 is 17.7 Å². The van der Waals surface area contributed by atoms with E-state index in [-0.39, 0.29) is 16.8 Å². The normalized spacial score (nSPS) is 21.9. The summed E-state index contributed by atoms with van der Waals surface area (Å²) in [5.41, 5.74) is 0.411. The van der Waals surface area contributed by atoms with Crippen LogP contribution in [0.5, 0.6) is 5.75 Å². The van der Waals surface area contributed by atoms with Crippen molar-refractivity contribution in [3.63, 3.8) is 0 Å². The highest BCUT2D eigenvalue weighted by molar-refractivity contribution is 8.01. The van der Waals surface area contributed by atoms with E-state index in [9.17, 15) is 4.79 Å². The molecular formula is C16H16N4O2S. The summed E-state index contributed by atoms with van der Waals surface area (Å²) in [4.78, 5) is 26.2. The third-order valence-corrected chi connectivity index (χ3v) is 5.72. The summed E-state index contributed by atoms with van der Waals surface area (Å²) in [6, 6.07) is 3.80. The molecule has 2 saturated heterocycles. The van der Waals surface area contributed by atoms with Crippen LogP contribution in [0, 0.1) is 0 Å². The minimum Gasteiger partial charge on any atom is -0.488 e. The highest BCUT2D eigenvalue weighted by Gasteiger charge is 2.51. The second-order valence-corrected chi connectivity index (χ2v) is 7.37. The second-order valence-electron chi connectivity index (χ2n) is 5.88. The zero-order chi connectivity index (χ0) is 15.7. The molecule has 2 aromatic rings. The van der Waals surface area contributed by atoms with Gasteiger partial charge in [0, 0.05) is 43.9 Å². The van der Waals surface area contributed by atoms with Crippen molar-refractivity contribution in [2.75, 3.05) is 18.8 Å². The zero-order valence-electron chi connectivity index (χ0n) is 12.5. The lowest BCUT2D eigenvalue weighted by Crippen LogP contribution is -2.61. The van der Waals surface area contributed by atoms with Gasteiger partial charge in [-0.3, -0.25) is 14.8 Å². The van der Waals surface area contributed by atoms with Crippen LogP contribution in [0.4, 0.5) is 0 Å². The SMILES string of the molecule is O=C(c1cnccn1)N1CC2(C[C@H](Oc3cccnc3)CS2)C1. The summed E-state index contributed by atoms with van der Waals surface area (Å²) < 4.78 is 6.11. The molecule has 0 saturated carbocycles. The van der Waals surface area contributed by atoms with Crippen LogP contribution in [0.25, 0.3) is 0 Å². The van der Waals surface area contributed by atoms with Gasteiger partial charge in [0.1, 0.15) is 17.5 Å². The Morgan fingerprint density at radius 2 is 2.13 bits per heavy atom. The van der Waals surface area contributed by atoms with Gasteiger partial charge in [-0.05, 0) is 12.1 Å². The fourth-order valence-corrected chi connectivity index (χ4v) is 4.60. The predicted octanol–water partition coefficient (Wildman–Crippen LogP) is 1.65. The highest BCUT2D eigenvalue weighted by Crippen LogP contribution is 2.46. The molecule has 0 aliphatic carbocycles. The summed E-state index contributed by atoms with van der Waals surface area (Å²) in [6.45, 7) is 1.50. The van der Waals surface area contributed by atoms with Gasteiger partial charge in [-0.1, -0.05) is 0 Å². The molecule has 23 heavy (non-hydrogen) atoms. The topological polar surface area (TPSA) is 68.2 Å². The van der Waals surface area contributed by atoms with E-state index in [4.69, 9.17) is 4.74 Å². The molecule has 0 aromatic carbocycles. The van der Waals surface area contributed by atoms with Crippen LogP contribution in [0.15, 0.2) is 43.1 Å². The lowest BCUT2D eigenvalue weighted by molar-refractivity contribution is 0.0511. The van der Waals surface area contributed by atoms with E-state index in [1.165, 1.54) is 6.20 Å². The number of nitrogens with zero attached hydrogens (tertiary/aromatic N) is 4. The van der Waals surface area contributed by atoms with E-state index in [0.29, 0.717) is 5.69 Å². The van der Waals surface area contributed by atoms with Crippen molar-refractivity contribution in [1.29, 1.82) is 0 Å². The molecule has 0 bridgehead atoms. The van der Waals surface area contributed by atoms with Crippen LogP contribution in [-0.2, 0) is 0 Å². The second kappa shape index (κ2) is 5.81. The van der Waals surface area contributed by atoms with Crippen LogP contribution in [0.3, 0.4) is 0 Å². The Kier molecular flexibility index (Phi) is 3.65. The Hall–Kier alpha value is -2.15. The molecule has 2 fully saturated rings. The predicted molar refractivity (Wildman–Crippen MR) is 86.4 cm³/mol. The lowest BCUT2D eigenvalue weighted by atomic mass is 9.92. The third-order valence-electron chi connectivity index (χ3n) is 4.14. The summed E-state index contributed by atoms with van der Waals surface area (Å²) in [5.74, 6) is 1.71. The van der Waals surface area contributed by atoms with Gasteiger partial charge < -0.3 is 9.64 Å². The number of hydrogen-bond acceptors (Lipinski definition) is 6. The first-order valence-corrected chi connectivity index (χ1v) is 8.49. The maximum Gasteiger partial charge on any atom is 0.274 e. The molecule has 118 valence electrons. The van der Waals surface area contributed by atoms with E-state index in [2.05, 4.69) is 15.0 Å². The number of ether oxygens (including phenoxy) is 1. The number of carbonyl (C=O) groups is 1. The van der Waals surface area contributed by atoms with E-state index in [1.807, 2.05) is 28.8 Å². The largest absolute Gasteiger partial charge is 0.488 e. The first-order chi connectivity index (χ1) is 11.2. The maximum absolute atomic E-state index is 12.3. The zero-order valence-corrected chi connectivity index (χ0v) is 13.3. The molecule has 4 heterocycles. The van der Waals surface area contributed by atoms with Crippen molar-refractivity contribution in [2.24, 2.45) is 0 Å². The molecule has 4 rings (SSSR count). The Morgan fingerprint density at radius 1 is 1.26 bits per heavy atom. The molecule has 7 heteroatoms. The molecule has 2 aliphatic rings. The number of carbonyl (C=O) groups excluding carboxylic acids is 1. The van der Waals surface area contributed by atoms with Gasteiger partial charge in [-0.25, -0.2) is 4.98 Å². The number of amides is 1. The number of aromatic nitrogens is 3. The van der Waals surface area contributed by atoms with E-state index in [0.717, 1.165) is 31.0 Å². The number of pyridine rings is 1. The summed E-state index contributed by atoms with van der Waals surface area (Å²) in [7, 11) is 0. The Labute approximate surface area is 138 Å². The van der Waals surface area contributed by atoms with Crippen LogP contribution < -0.4 is 4.74 Å². The monoisotopic (exact) mass is 328 g/mol. The van der Waals surface area contributed by atoms with E-state index < -0.39 is 0 Å². The summed E-state index contributed by atoms with van der Waals surface area (Å²) >= 11 is 1.90. The van der Waals surface area contributed by atoms with Crippen molar-refractivity contribution in [3.8, 4) is 5.75 Å². The molecule has 0 radical (unpaired) electrons. The average Bonchev–Trinajstić information content (AvgIpc) is 2.99. The van der Waals surface area contributed by atoms with Crippen molar-refractivity contribution in [2.45, 2.75) is 17.3 Å². The van der Waals surface area contributed by atoms with Gasteiger partial charge in [0.05, 0.1) is 17.1 Å². The Balaban J connectivity index is 1.34.